The van der Waals surface area contributed by atoms with Crippen molar-refractivity contribution in [3.05, 3.63) is 48.6 Å². The Bertz CT molecular complexity index is 952. The van der Waals surface area contributed by atoms with Crippen molar-refractivity contribution in [1.29, 1.82) is 0 Å². The normalized spacial score (nSPS) is 13.0. The largest absolute Gasteiger partial charge is 0.469 e. The van der Waals surface area contributed by atoms with Crippen LogP contribution in [0.1, 0.15) is 181 Å². The lowest BCUT2D eigenvalue weighted by molar-refractivity contribution is -0.161. The van der Waals surface area contributed by atoms with E-state index in [9.17, 15) is 14.2 Å². The topological polar surface area (TPSA) is 119 Å². The van der Waals surface area contributed by atoms with Crippen LogP contribution in [0, 0.1) is 0 Å². The standard InChI is InChI=1S/C41H73O8P/c1-3-5-7-9-11-13-15-17-18-19-20-21-22-24-26-28-30-32-34-36-41(43)49-39(38-48-50(44,45)46)37-47-40(42)35-33-31-29-27-25-23-16-14-12-10-8-6-4-2/h11,13,17-18,20-21,24,26,39H,3-10,12,14-16,19,22-23,25,27-38H2,1-2H3,(H2,44,45,46)/b13-11+,18-17+,21-20+,26-24+/t39-/m1/s1. The highest BCUT2D eigenvalue weighted by Crippen LogP contribution is 2.36. The molecule has 50 heavy (non-hydrogen) atoms. The molecule has 0 radical (unpaired) electrons. The molecule has 8 nitrogen and oxygen atoms in total. The van der Waals surface area contributed by atoms with Crippen molar-refractivity contribution in [3.63, 3.8) is 0 Å². The zero-order valence-electron chi connectivity index (χ0n) is 31.8. The number of hydrogen-bond acceptors (Lipinski definition) is 6. The lowest BCUT2D eigenvalue weighted by atomic mass is 10.0. The van der Waals surface area contributed by atoms with Gasteiger partial charge >= 0.3 is 19.8 Å². The molecule has 0 aromatic rings. The van der Waals surface area contributed by atoms with E-state index in [1.165, 1.54) is 89.9 Å². The van der Waals surface area contributed by atoms with Crippen LogP contribution in [0.25, 0.3) is 0 Å². The quantitative estimate of drug-likeness (QED) is 0.0284. The summed E-state index contributed by atoms with van der Waals surface area (Å²) in [6.45, 7) is 3.62. The molecule has 0 bridgehead atoms. The third kappa shape index (κ3) is 38.8. The first-order valence-corrected chi connectivity index (χ1v) is 21.5. The van der Waals surface area contributed by atoms with Crippen LogP contribution in [-0.2, 0) is 28.2 Å². The van der Waals surface area contributed by atoms with Gasteiger partial charge in [-0.1, -0.05) is 159 Å². The van der Waals surface area contributed by atoms with Gasteiger partial charge in [0, 0.05) is 12.8 Å². The molecule has 0 saturated carbocycles. The summed E-state index contributed by atoms with van der Waals surface area (Å²) in [5.74, 6) is -0.920. The Balaban J connectivity index is 4.02. The fourth-order valence-corrected chi connectivity index (χ4v) is 5.72. The van der Waals surface area contributed by atoms with Gasteiger partial charge in [-0.15, -0.1) is 0 Å². The summed E-state index contributed by atoms with van der Waals surface area (Å²) in [4.78, 5) is 42.7. The van der Waals surface area contributed by atoms with Crippen LogP contribution >= 0.6 is 7.82 Å². The third-order valence-corrected chi connectivity index (χ3v) is 8.84. The van der Waals surface area contributed by atoms with Gasteiger partial charge in [-0.25, -0.2) is 4.57 Å². The van der Waals surface area contributed by atoms with Crippen molar-refractivity contribution < 1.29 is 37.9 Å². The summed E-state index contributed by atoms with van der Waals surface area (Å²) in [6, 6.07) is 0. The number of esters is 2. The minimum atomic E-state index is -4.76. The first-order valence-electron chi connectivity index (χ1n) is 19.9. The summed E-state index contributed by atoms with van der Waals surface area (Å²) in [7, 11) is -4.76. The highest BCUT2D eigenvalue weighted by molar-refractivity contribution is 7.46. The number of unbranched alkanes of at least 4 members (excludes halogenated alkanes) is 18. The molecule has 1 atom stereocenters. The molecule has 0 aliphatic heterocycles. The van der Waals surface area contributed by atoms with Crippen molar-refractivity contribution in [3.8, 4) is 0 Å². The van der Waals surface area contributed by atoms with Crippen LogP contribution in [-0.4, -0.2) is 41.0 Å². The number of allylic oxidation sites excluding steroid dienone is 8. The number of rotatable bonds is 36. The summed E-state index contributed by atoms with van der Waals surface area (Å²) < 4.78 is 26.3. The molecule has 0 aromatic heterocycles. The molecule has 0 heterocycles. The summed E-state index contributed by atoms with van der Waals surface area (Å²) in [5.41, 5.74) is 0. The van der Waals surface area contributed by atoms with E-state index in [2.05, 4.69) is 67.0 Å². The molecule has 290 valence electrons. The smallest absolute Gasteiger partial charge is 0.462 e. The maximum absolute atomic E-state index is 12.4. The zero-order valence-corrected chi connectivity index (χ0v) is 32.7. The lowest BCUT2D eigenvalue weighted by Crippen LogP contribution is -2.29. The van der Waals surface area contributed by atoms with Gasteiger partial charge in [-0.05, 0) is 57.8 Å². The Morgan fingerprint density at radius 1 is 0.520 bits per heavy atom. The van der Waals surface area contributed by atoms with E-state index in [1.807, 2.05) is 0 Å². The SMILES string of the molecule is CCCCC/C=C/C/C=C/C/C=C/C/C=C/CCCCCC(=O)O[C@H](COC(=O)CCCCCCCCCCCCCCC)COP(=O)(O)O. The Labute approximate surface area is 305 Å². The predicted molar refractivity (Wildman–Crippen MR) is 207 cm³/mol. The number of ether oxygens (including phenoxy) is 2. The van der Waals surface area contributed by atoms with Crippen LogP contribution in [0.3, 0.4) is 0 Å². The first-order chi connectivity index (χ1) is 24.3. The van der Waals surface area contributed by atoms with Crippen LogP contribution in [0.2, 0.25) is 0 Å². The number of carbonyl (C=O) groups excluding carboxylic acids is 2. The summed E-state index contributed by atoms with van der Waals surface area (Å²) in [6.07, 6.45) is 44.0. The second-order valence-electron chi connectivity index (χ2n) is 13.3. The molecule has 0 aliphatic rings. The van der Waals surface area contributed by atoms with Crippen LogP contribution in [0.5, 0.6) is 0 Å². The number of phosphoric acid groups is 1. The molecule has 0 saturated heterocycles. The van der Waals surface area contributed by atoms with Gasteiger partial charge in [0.15, 0.2) is 6.10 Å². The fourth-order valence-electron chi connectivity index (χ4n) is 5.36. The maximum Gasteiger partial charge on any atom is 0.469 e. The average Bonchev–Trinajstić information content (AvgIpc) is 3.08. The predicted octanol–water partition coefficient (Wildman–Crippen LogP) is 12.0. The van der Waals surface area contributed by atoms with Gasteiger partial charge in [0.05, 0.1) is 6.61 Å². The van der Waals surface area contributed by atoms with Crippen LogP contribution < -0.4 is 0 Å². The minimum absolute atomic E-state index is 0.175. The van der Waals surface area contributed by atoms with Gasteiger partial charge in [0.1, 0.15) is 6.61 Å². The zero-order chi connectivity index (χ0) is 36.8. The molecule has 0 amide bonds. The Kier molecular flexibility index (Phi) is 35.3. The van der Waals surface area contributed by atoms with Gasteiger partial charge in [-0.3, -0.25) is 14.1 Å². The Morgan fingerprint density at radius 2 is 0.900 bits per heavy atom. The fraction of sp³-hybridized carbons (Fsp3) is 0.756. The van der Waals surface area contributed by atoms with E-state index < -0.39 is 32.5 Å². The average molecular weight is 725 g/mol. The second-order valence-corrected chi connectivity index (χ2v) is 14.5. The molecule has 0 aliphatic carbocycles. The molecule has 0 aromatic carbocycles. The van der Waals surface area contributed by atoms with Crippen LogP contribution in [0.15, 0.2) is 48.6 Å². The van der Waals surface area contributed by atoms with Gasteiger partial charge in [0.2, 0.25) is 0 Å². The summed E-state index contributed by atoms with van der Waals surface area (Å²) >= 11 is 0. The van der Waals surface area contributed by atoms with Crippen molar-refractivity contribution >= 4 is 19.8 Å². The highest BCUT2D eigenvalue weighted by Gasteiger charge is 2.22. The van der Waals surface area contributed by atoms with E-state index in [4.69, 9.17) is 19.3 Å². The van der Waals surface area contributed by atoms with E-state index in [0.717, 1.165) is 57.8 Å². The molecule has 9 heteroatoms. The monoisotopic (exact) mass is 725 g/mol. The molecular formula is C41H73O8P. The van der Waals surface area contributed by atoms with Crippen LogP contribution in [0.4, 0.5) is 0 Å². The molecular weight excluding hydrogens is 651 g/mol. The summed E-state index contributed by atoms with van der Waals surface area (Å²) in [5, 5.41) is 0. The van der Waals surface area contributed by atoms with Crippen molar-refractivity contribution in [2.75, 3.05) is 13.2 Å². The first kappa shape index (κ1) is 48.0. The van der Waals surface area contributed by atoms with Crippen molar-refractivity contribution in [2.45, 2.75) is 187 Å². The molecule has 0 rings (SSSR count). The maximum atomic E-state index is 12.4. The minimum Gasteiger partial charge on any atom is -0.462 e. The second kappa shape index (κ2) is 36.8. The van der Waals surface area contributed by atoms with Crippen molar-refractivity contribution in [1.82, 2.24) is 0 Å². The Morgan fingerprint density at radius 3 is 1.38 bits per heavy atom. The third-order valence-electron chi connectivity index (χ3n) is 8.35. The van der Waals surface area contributed by atoms with E-state index >= 15 is 0 Å². The van der Waals surface area contributed by atoms with Crippen molar-refractivity contribution in [2.24, 2.45) is 0 Å². The lowest BCUT2D eigenvalue weighted by Gasteiger charge is -2.18. The number of carbonyl (C=O) groups is 2. The van der Waals surface area contributed by atoms with E-state index in [0.29, 0.717) is 6.42 Å². The molecule has 0 fully saturated rings. The van der Waals surface area contributed by atoms with Gasteiger partial charge in [0.25, 0.3) is 0 Å². The molecule has 2 N–H and O–H groups in total. The number of phosphoric ester groups is 1. The van der Waals surface area contributed by atoms with Gasteiger partial charge < -0.3 is 19.3 Å². The Hall–Kier alpha value is -1.99. The van der Waals surface area contributed by atoms with Gasteiger partial charge in [-0.2, -0.15) is 0 Å². The van der Waals surface area contributed by atoms with E-state index in [-0.39, 0.29) is 19.4 Å². The molecule has 0 spiro atoms. The molecule has 0 unspecified atom stereocenters. The highest BCUT2D eigenvalue weighted by atomic mass is 31.2. The number of hydrogen-bond donors (Lipinski definition) is 2. The van der Waals surface area contributed by atoms with E-state index in [1.54, 1.807) is 0 Å².